The smallest absolute Gasteiger partial charge is 0.338 e. The van der Waals surface area contributed by atoms with E-state index in [0.29, 0.717) is 29.2 Å². The van der Waals surface area contributed by atoms with Crippen molar-refractivity contribution < 1.29 is 19.1 Å². The van der Waals surface area contributed by atoms with Gasteiger partial charge in [0.25, 0.3) is 5.91 Å². The summed E-state index contributed by atoms with van der Waals surface area (Å²) in [5, 5.41) is 2.78. The molecule has 0 fully saturated rings. The number of nitrogens with one attached hydrogen (secondary N) is 1. The summed E-state index contributed by atoms with van der Waals surface area (Å²) in [5.41, 5.74) is 1.57. The van der Waals surface area contributed by atoms with Crippen LogP contribution in [0, 0.1) is 0 Å². The average molecular weight is 327 g/mol. The van der Waals surface area contributed by atoms with Gasteiger partial charge in [-0.25, -0.2) is 4.79 Å². The summed E-state index contributed by atoms with van der Waals surface area (Å²) in [6, 6.07) is 13.5. The molecule has 0 aromatic heterocycles. The lowest BCUT2D eigenvalue weighted by Crippen LogP contribution is -2.12. The highest BCUT2D eigenvalue weighted by Gasteiger charge is 2.09. The highest BCUT2D eigenvalue weighted by atomic mass is 16.5. The van der Waals surface area contributed by atoms with Crippen LogP contribution in [0.15, 0.2) is 48.5 Å². The number of amides is 1. The summed E-state index contributed by atoms with van der Waals surface area (Å²) >= 11 is 0. The van der Waals surface area contributed by atoms with Crippen LogP contribution < -0.4 is 10.1 Å². The van der Waals surface area contributed by atoms with E-state index in [0.717, 1.165) is 12.8 Å². The maximum Gasteiger partial charge on any atom is 0.338 e. The zero-order valence-corrected chi connectivity index (χ0v) is 13.9. The molecule has 1 amide bonds. The number of unbranched alkanes of at least 4 members (excludes halogenated alkanes) is 1. The topological polar surface area (TPSA) is 64.6 Å². The predicted octanol–water partition coefficient (Wildman–Crippen LogP) is 3.90. The van der Waals surface area contributed by atoms with Crippen LogP contribution in [-0.4, -0.2) is 25.6 Å². The Kier molecular flexibility index (Phi) is 6.37. The zero-order valence-electron chi connectivity index (χ0n) is 13.9. The van der Waals surface area contributed by atoms with E-state index in [-0.39, 0.29) is 11.9 Å². The minimum Gasteiger partial charge on any atom is -0.497 e. The van der Waals surface area contributed by atoms with E-state index in [9.17, 15) is 9.59 Å². The summed E-state index contributed by atoms with van der Waals surface area (Å²) in [4.78, 5) is 24.0. The largest absolute Gasteiger partial charge is 0.497 e. The Morgan fingerprint density at radius 2 is 1.79 bits per heavy atom. The molecule has 5 nitrogen and oxygen atoms in total. The Bertz CT molecular complexity index is 695. The van der Waals surface area contributed by atoms with E-state index in [2.05, 4.69) is 5.32 Å². The lowest BCUT2D eigenvalue weighted by Gasteiger charge is -2.08. The number of rotatable bonds is 7. The van der Waals surface area contributed by atoms with Gasteiger partial charge in [-0.05, 0) is 48.9 Å². The summed E-state index contributed by atoms with van der Waals surface area (Å²) in [7, 11) is 1.55. The third kappa shape index (κ3) is 4.84. The molecule has 0 heterocycles. The Morgan fingerprint density at radius 1 is 1.04 bits per heavy atom. The van der Waals surface area contributed by atoms with Crippen LogP contribution >= 0.6 is 0 Å². The number of benzene rings is 2. The van der Waals surface area contributed by atoms with Crippen molar-refractivity contribution >= 4 is 17.6 Å². The lowest BCUT2D eigenvalue weighted by molar-refractivity contribution is 0.0499. The number of carbonyl (C=O) groups excluding carboxylic acids is 2. The van der Waals surface area contributed by atoms with Crippen LogP contribution in [0.2, 0.25) is 0 Å². The fourth-order valence-electron chi connectivity index (χ4n) is 2.05. The highest BCUT2D eigenvalue weighted by molar-refractivity contribution is 6.04. The zero-order chi connectivity index (χ0) is 17.4. The van der Waals surface area contributed by atoms with Gasteiger partial charge in [0.1, 0.15) is 5.75 Å². The quantitative estimate of drug-likeness (QED) is 0.619. The van der Waals surface area contributed by atoms with Crippen LogP contribution in [0.5, 0.6) is 5.75 Å². The molecule has 0 aliphatic rings. The van der Waals surface area contributed by atoms with Gasteiger partial charge in [0, 0.05) is 11.3 Å². The SMILES string of the molecule is CCCCOC(=O)c1ccc(NC(=O)c2cccc(OC)c2)cc1. The molecule has 2 rings (SSSR count). The van der Waals surface area contributed by atoms with E-state index in [1.807, 2.05) is 6.92 Å². The van der Waals surface area contributed by atoms with Crippen molar-refractivity contribution in [2.24, 2.45) is 0 Å². The van der Waals surface area contributed by atoms with Crippen molar-refractivity contribution in [2.45, 2.75) is 19.8 Å². The molecule has 0 aliphatic heterocycles. The normalized spacial score (nSPS) is 10.1. The molecule has 24 heavy (non-hydrogen) atoms. The molecule has 0 spiro atoms. The molecule has 1 N–H and O–H groups in total. The monoisotopic (exact) mass is 327 g/mol. The first-order chi connectivity index (χ1) is 11.6. The van der Waals surface area contributed by atoms with Crippen molar-refractivity contribution in [2.75, 3.05) is 19.0 Å². The maximum atomic E-state index is 12.2. The third-order valence-electron chi connectivity index (χ3n) is 3.44. The van der Waals surface area contributed by atoms with Gasteiger partial charge in [-0.2, -0.15) is 0 Å². The number of methoxy groups -OCH3 is 1. The molecule has 2 aromatic carbocycles. The van der Waals surface area contributed by atoms with Crippen molar-refractivity contribution in [1.29, 1.82) is 0 Å². The van der Waals surface area contributed by atoms with Crippen molar-refractivity contribution in [1.82, 2.24) is 0 Å². The number of hydrogen-bond donors (Lipinski definition) is 1. The van der Waals surface area contributed by atoms with Gasteiger partial charge in [0.05, 0.1) is 19.3 Å². The second kappa shape index (κ2) is 8.72. The lowest BCUT2D eigenvalue weighted by atomic mass is 10.1. The van der Waals surface area contributed by atoms with Gasteiger partial charge < -0.3 is 14.8 Å². The second-order valence-corrected chi connectivity index (χ2v) is 5.25. The van der Waals surface area contributed by atoms with E-state index in [1.165, 1.54) is 0 Å². The van der Waals surface area contributed by atoms with E-state index < -0.39 is 0 Å². The molecular weight excluding hydrogens is 306 g/mol. The minimum atomic E-state index is -0.353. The Morgan fingerprint density at radius 3 is 2.46 bits per heavy atom. The summed E-state index contributed by atoms with van der Waals surface area (Å²) in [6.45, 7) is 2.46. The predicted molar refractivity (Wildman–Crippen MR) is 92.6 cm³/mol. The summed E-state index contributed by atoms with van der Waals surface area (Å²) in [6.07, 6.45) is 1.82. The molecular formula is C19H21NO4. The fourth-order valence-corrected chi connectivity index (χ4v) is 2.05. The first-order valence-electron chi connectivity index (χ1n) is 7.86. The van der Waals surface area contributed by atoms with Gasteiger partial charge in [0.15, 0.2) is 0 Å². The van der Waals surface area contributed by atoms with E-state index in [4.69, 9.17) is 9.47 Å². The van der Waals surface area contributed by atoms with Crippen molar-refractivity contribution in [3.63, 3.8) is 0 Å². The number of hydrogen-bond acceptors (Lipinski definition) is 4. The molecule has 126 valence electrons. The van der Waals surface area contributed by atoms with Gasteiger partial charge in [-0.3, -0.25) is 4.79 Å². The Hall–Kier alpha value is -2.82. The molecule has 0 atom stereocenters. The van der Waals surface area contributed by atoms with Crippen LogP contribution in [0.25, 0.3) is 0 Å². The fraction of sp³-hybridized carbons (Fsp3) is 0.263. The number of esters is 1. The number of ether oxygens (including phenoxy) is 2. The van der Waals surface area contributed by atoms with Crippen LogP contribution in [0.1, 0.15) is 40.5 Å². The molecule has 0 aliphatic carbocycles. The molecule has 0 saturated carbocycles. The minimum absolute atomic E-state index is 0.243. The maximum absolute atomic E-state index is 12.2. The van der Waals surface area contributed by atoms with E-state index in [1.54, 1.807) is 55.6 Å². The van der Waals surface area contributed by atoms with Gasteiger partial charge in [-0.15, -0.1) is 0 Å². The Labute approximate surface area is 141 Å². The standard InChI is InChI=1S/C19H21NO4/c1-3-4-12-24-19(22)14-8-10-16(11-9-14)20-18(21)15-6-5-7-17(13-15)23-2/h5-11,13H,3-4,12H2,1-2H3,(H,20,21). The van der Waals surface area contributed by atoms with E-state index >= 15 is 0 Å². The molecule has 5 heteroatoms. The van der Waals surface area contributed by atoms with Crippen LogP contribution in [0.3, 0.4) is 0 Å². The third-order valence-corrected chi connectivity index (χ3v) is 3.44. The summed E-state index contributed by atoms with van der Waals surface area (Å²) in [5.74, 6) is 0.0223. The Balaban J connectivity index is 1.98. The molecule has 2 aromatic rings. The molecule has 0 bridgehead atoms. The van der Waals surface area contributed by atoms with Gasteiger partial charge in [0.2, 0.25) is 0 Å². The first kappa shape index (κ1) is 17.5. The molecule has 0 unspecified atom stereocenters. The van der Waals surface area contributed by atoms with Gasteiger partial charge in [-0.1, -0.05) is 19.4 Å². The van der Waals surface area contributed by atoms with Crippen LogP contribution in [0.4, 0.5) is 5.69 Å². The second-order valence-electron chi connectivity index (χ2n) is 5.25. The van der Waals surface area contributed by atoms with Crippen molar-refractivity contribution in [3.05, 3.63) is 59.7 Å². The molecule has 0 saturated heterocycles. The number of anilines is 1. The van der Waals surface area contributed by atoms with Crippen molar-refractivity contribution in [3.8, 4) is 5.75 Å². The van der Waals surface area contributed by atoms with Crippen LogP contribution in [-0.2, 0) is 4.74 Å². The number of carbonyl (C=O) groups is 2. The highest BCUT2D eigenvalue weighted by Crippen LogP contribution is 2.16. The average Bonchev–Trinajstić information content (AvgIpc) is 2.62. The first-order valence-corrected chi connectivity index (χ1v) is 7.86. The molecule has 0 radical (unpaired) electrons. The van der Waals surface area contributed by atoms with Gasteiger partial charge >= 0.3 is 5.97 Å². The summed E-state index contributed by atoms with van der Waals surface area (Å²) < 4.78 is 10.3.